The number of nitrogens with one attached hydrogen (secondary N) is 1. The number of rotatable bonds is 3. The number of carboxylic acid groups (broad SMARTS) is 1. The summed E-state index contributed by atoms with van der Waals surface area (Å²) in [6.07, 6.45) is 0. The number of aryl methyl sites for hydroxylation is 1. The number of aromatic carboxylic acids is 1. The Labute approximate surface area is 103 Å². The number of aromatic nitrogens is 1. The van der Waals surface area contributed by atoms with Crippen LogP contribution in [0.1, 0.15) is 15.9 Å². The molecule has 0 unspecified atom stereocenters. The van der Waals surface area contributed by atoms with Crippen LogP contribution in [0.5, 0.6) is 0 Å². The highest BCUT2D eigenvalue weighted by molar-refractivity contribution is 7.13. The number of hydrogen-bond donors (Lipinski definition) is 2. The number of carboxylic acids is 1. The summed E-state index contributed by atoms with van der Waals surface area (Å²) >= 11 is 1.59. The lowest BCUT2D eigenvalue weighted by Crippen LogP contribution is -2.06. The summed E-state index contributed by atoms with van der Waals surface area (Å²) in [5.74, 6) is -0.575. The second kappa shape index (κ2) is 4.55. The first kappa shape index (κ1) is 11.6. The normalized spacial score (nSPS) is 10.2. The fourth-order valence-corrected chi connectivity index (χ4v) is 2.41. The Balaban J connectivity index is 2.60. The number of nitrogens with zero attached hydrogens (tertiary/aromatic N) is 1. The van der Waals surface area contributed by atoms with E-state index in [4.69, 9.17) is 5.11 Å². The van der Waals surface area contributed by atoms with E-state index in [0.29, 0.717) is 5.82 Å². The van der Waals surface area contributed by atoms with Crippen molar-refractivity contribution in [2.45, 2.75) is 6.92 Å². The molecule has 2 aromatic rings. The van der Waals surface area contributed by atoms with Gasteiger partial charge in [-0.2, -0.15) is 0 Å². The van der Waals surface area contributed by atoms with E-state index in [9.17, 15) is 4.79 Å². The summed E-state index contributed by atoms with van der Waals surface area (Å²) in [5, 5.41) is 13.9. The van der Waals surface area contributed by atoms with Gasteiger partial charge in [-0.15, -0.1) is 11.3 Å². The van der Waals surface area contributed by atoms with Gasteiger partial charge in [0.2, 0.25) is 0 Å². The number of anilines is 1. The standard InChI is InChI=1S/C12H12N2O2S/c1-7-6-8(12(15)16)11(13-2)14-10(7)9-4-3-5-17-9/h3-6H,1-2H3,(H,13,14)(H,15,16). The second-order valence-corrected chi connectivity index (χ2v) is 4.53. The van der Waals surface area contributed by atoms with Crippen molar-refractivity contribution in [3.8, 4) is 10.6 Å². The third-order valence-corrected chi connectivity index (χ3v) is 3.31. The zero-order valence-corrected chi connectivity index (χ0v) is 10.3. The third kappa shape index (κ3) is 2.14. The van der Waals surface area contributed by atoms with Crippen molar-refractivity contribution < 1.29 is 9.90 Å². The van der Waals surface area contributed by atoms with Crippen molar-refractivity contribution in [3.05, 3.63) is 34.7 Å². The van der Waals surface area contributed by atoms with Crippen molar-refractivity contribution in [1.29, 1.82) is 0 Å². The molecule has 5 heteroatoms. The fourth-order valence-electron chi connectivity index (χ4n) is 1.63. The fraction of sp³-hybridized carbons (Fsp3) is 0.167. The van der Waals surface area contributed by atoms with Crippen LogP contribution in [-0.2, 0) is 0 Å². The van der Waals surface area contributed by atoms with Gasteiger partial charge in [-0.3, -0.25) is 0 Å². The Morgan fingerprint density at radius 3 is 2.82 bits per heavy atom. The highest BCUT2D eigenvalue weighted by atomic mass is 32.1. The SMILES string of the molecule is CNc1nc(-c2cccs2)c(C)cc1C(=O)O. The van der Waals surface area contributed by atoms with Crippen molar-refractivity contribution in [1.82, 2.24) is 4.98 Å². The highest BCUT2D eigenvalue weighted by Crippen LogP contribution is 2.29. The first-order valence-corrected chi connectivity index (χ1v) is 5.98. The lowest BCUT2D eigenvalue weighted by Gasteiger charge is -2.09. The molecule has 2 rings (SSSR count). The Bertz CT molecular complexity index is 550. The largest absolute Gasteiger partial charge is 0.478 e. The predicted molar refractivity (Wildman–Crippen MR) is 68.8 cm³/mol. The molecule has 0 fully saturated rings. The molecule has 0 aliphatic heterocycles. The molecule has 0 aliphatic carbocycles. The average molecular weight is 248 g/mol. The van der Waals surface area contributed by atoms with Crippen LogP contribution in [0.2, 0.25) is 0 Å². The molecule has 0 atom stereocenters. The number of pyridine rings is 1. The maximum Gasteiger partial charge on any atom is 0.339 e. The summed E-state index contributed by atoms with van der Waals surface area (Å²) < 4.78 is 0. The molecule has 0 bridgehead atoms. The van der Waals surface area contributed by atoms with Gasteiger partial charge in [0.25, 0.3) is 0 Å². The number of thiophene rings is 1. The molecule has 0 aliphatic rings. The first-order valence-electron chi connectivity index (χ1n) is 5.10. The molecule has 2 aromatic heterocycles. The van der Waals surface area contributed by atoms with Gasteiger partial charge in [-0.05, 0) is 30.0 Å². The Kier molecular flexibility index (Phi) is 3.10. The van der Waals surface area contributed by atoms with Crippen LogP contribution in [0.25, 0.3) is 10.6 Å². The summed E-state index contributed by atoms with van der Waals surface area (Å²) in [6.45, 7) is 1.87. The molecular formula is C12H12N2O2S. The van der Waals surface area contributed by atoms with Crippen molar-refractivity contribution >= 4 is 23.1 Å². The van der Waals surface area contributed by atoms with Crippen LogP contribution in [-0.4, -0.2) is 23.1 Å². The van der Waals surface area contributed by atoms with Crippen molar-refractivity contribution in [2.24, 2.45) is 0 Å². The second-order valence-electron chi connectivity index (χ2n) is 3.58. The predicted octanol–water partition coefficient (Wildman–Crippen LogP) is 2.86. The van der Waals surface area contributed by atoms with Crippen LogP contribution in [0.3, 0.4) is 0 Å². The van der Waals surface area contributed by atoms with Gasteiger partial charge in [0.15, 0.2) is 0 Å². The maximum absolute atomic E-state index is 11.1. The third-order valence-electron chi connectivity index (χ3n) is 2.43. The van der Waals surface area contributed by atoms with Gasteiger partial charge < -0.3 is 10.4 Å². The van der Waals surface area contributed by atoms with Gasteiger partial charge in [0.1, 0.15) is 11.4 Å². The zero-order chi connectivity index (χ0) is 12.4. The van der Waals surface area contributed by atoms with E-state index < -0.39 is 5.97 Å². The Morgan fingerprint density at radius 1 is 1.53 bits per heavy atom. The van der Waals surface area contributed by atoms with Crippen LogP contribution in [0, 0.1) is 6.92 Å². The molecule has 0 aromatic carbocycles. The van der Waals surface area contributed by atoms with Gasteiger partial charge in [0, 0.05) is 7.05 Å². The number of carbonyl (C=O) groups is 1. The summed E-state index contributed by atoms with van der Waals surface area (Å²) in [5.41, 5.74) is 1.89. The van der Waals surface area contributed by atoms with E-state index in [0.717, 1.165) is 16.1 Å². The monoisotopic (exact) mass is 248 g/mol. The average Bonchev–Trinajstić information content (AvgIpc) is 2.82. The topological polar surface area (TPSA) is 62.2 Å². The van der Waals surface area contributed by atoms with Crippen LogP contribution >= 0.6 is 11.3 Å². The molecule has 2 N–H and O–H groups in total. The van der Waals surface area contributed by atoms with E-state index in [2.05, 4.69) is 10.3 Å². The summed E-state index contributed by atoms with van der Waals surface area (Å²) in [4.78, 5) is 16.5. The molecule has 2 heterocycles. The molecular weight excluding hydrogens is 236 g/mol. The van der Waals surface area contributed by atoms with Gasteiger partial charge in [0.05, 0.1) is 10.6 Å². The summed E-state index contributed by atoms with van der Waals surface area (Å²) in [6, 6.07) is 5.57. The van der Waals surface area contributed by atoms with Crippen LogP contribution < -0.4 is 5.32 Å². The molecule has 0 spiro atoms. The van der Waals surface area contributed by atoms with Gasteiger partial charge in [-0.25, -0.2) is 9.78 Å². The smallest absolute Gasteiger partial charge is 0.339 e. The lowest BCUT2D eigenvalue weighted by molar-refractivity contribution is 0.0697. The first-order chi connectivity index (χ1) is 8.13. The highest BCUT2D eigenvalue weighted by Gasteiger charge is 2.15. The van der Waals surface area contributed by atoms with Gasteiger partial charge in [-0.1, -0.05) is 6.07 Å². The molecule has 0 radical (unpaired) electrons. The number of hydrogen-bond acceptors (Lipinski definition) is 4. The van der Waals surface area contributed by atoms with Crippen LogP contribution in [0.4, 0.5) is 5.82 Å². The molecule has 17 heavy (non-hydrogen) atoms. The minimum atomic E-state index is -0.970. The quantitative estimate of drug-likeness (QED) is 0.876. The molecule has 88 valence electrons. The molecule has 4 nitrogen and oxygen atoms in total. The lowest BCUT2D eigenvalue weighted by atomic mass is 10.1. The van der Waals surface area contributed by atoms with Gasteiger partial charge >= 0.3 is 5.97 Å². The van der Waals surface area contributed by atoms with E-state index in [-0.39, 0.29) is 5.56 Å². The van der Waals surface area contributed by atoms with E-state index in [1.807, 2.05) is 24.4 Å². The summed E-state index contributed by atoms with van der Waals surface area (Å²) in [7, 11) is 1.67. The Morgan fingerprint density at radius 2 is 2.29 bits per heavy atom. The zero-order valence-electron chi connectivity index (χ0n) is 9.52. The van der Waals surface area contributed by atoms with Crippen molar-refractivity contribution in [3.63, 3.8) is 0 Å². The molecule has 0 amide bonds. The maximum atomic E-state index is 11.1. The van der Waals surface area contributed by atoms with E-state index in [1.54, 1.807) is 24.5 Å². The van der Waals surface area contributed by atoms with Crippen molar-refractivity contribution in [2.75, 3.05) is 12.4 Å². The van der Waals surface area contributed by atoms with E-state index in [1.165, 1.54) is 0 Å². The molecule has 0 saturated carbocycles. The molecule has 0 saturated heterocycles. The minimum Gasteiger partial charge on any atom is -0.478 e. The van der Waals surface area contributed by atoms with E-state index >= 15 is 0 Å². The minimum absolute atomic E-state index is 0.199. The Hall–Kier alpha value is -1.88. The van der Waals surface area contributed by atoms with Crippen LogP contribution in [0.15, 0.2) is 23.6 Å².